The Morgan fingerprint density at radius 2 is 1.52 bits per heavy atom. The van der Waals surface area contributed by atoms with E-state index < -0.39 is 11.2 Å². The maximum atomic E-state index is 13.2. The summed E-state index contributed by atoms with van der Waals surface area (Å²) in [7, 11) is 5.44. The molecule has 0 bridgehead atoms. The van der Waals surface area contributed by atoms with Gasteiger partial charge in [-0.3, -0.25) is 4.79 Å². The molecule has 0 saturated heterocycles. The molecule has 0 spiro atoms. The molecule has 0 aliphatic carbocycles. The predicted octanol–water partition coefficient (Wildman–Crippen LogP) is 2.93. The number of rotatable bonds is 5. The van der Waals surface area contributed by atoms with Crippen molar-refractivity contribution in [1.82, 2.24) is 0 Å². The van der Waals surface area contributed by atoms with Gasteiger partial charge in [0.15, 0.2) is 28.6 Å². The molecule has 0 atom stereocenters. The molecule has 1 aliphatic heterocycles. The molecule has 152 valence electrons. The van der Waals surface area contributed by atoms with E-state index in [1.807, 2.05) is 0 Å². The van der Waals surface area contributed by atoms with Gasteiger partial charge < -0.3 is 37.9 Å². The Balaban J connectivity index is 2.11. The quantitative estimate of drug-likeness (QED) is 0.689. The lowest BCUT2D eigenvalue weighted by molar-refractivity contribution is 0.174. The first-order valence-corrected chi connectivity index (χ1v) is 8.51. The Morgan fingerprint density at radius 1 is 0.862 bits per heavy atom. The first-order valence-electron chi connectivity index (χ1n) is 8.51. The van der Waals surface area contributed by atoms with Gasteiger partial charge in [0.05, 0.1) is 28.4 Å². The standard InChI is InChI=1S/C20H18O9/c1-23-17-13(21)12-14(22)18(24-2)20(26-4)19(25-3)16(12)29-15(17)9-5-6-10-11(7-9)28-8-27-10/h5-7,22H,8H2,1-4H3. The van der Waals surface area contributed by atoms with Gasteiger partial charge in [-0.05, 0) is 18.2 Å². The summed E-state index contributed by atoms with van der Waals surface area (Å²) in [5.41, 5.74) is -0.0966. The molecule has 0 amide bonds. The van der Waals surface area contributed by atoms with E-state index in [1.165, 1.54) is 28.4 Å². The molecule has 2 heterocycles. The van der Waals surface area contributed by atoms with E-state index in [9.17, 15) is 9.90 Å². The summed E-state index contributed by atoms with van der Waals surface area (Å²) in [5.74, 6) is 0.816. The second kappa shape index (κ2) is 7.01. The molecule has 0 saturated carbocycles. The molecule has 1 N–H and O–H groups in total. The van der Waals surface area contributed by atoms with E-state index in [-0.39, 0.29) is 46.5 Å². The average molecular weight is 402 g/mol. The number of ether oxygens (including phenoxy) is 6. The van der Waals surface area contributed by atoms with Crippen molar-refractivity contribution in [3.8, 4) is 51.6 Å². The van der Waals surface area contributed by atoms with Gasteiger partial charge in [-0.1, -0.05) is 0 Å². The Morgan fingerprint density at radius 3 is 2.17 bits per heavy atom. The van der Waals surface area contributed by atoms with Crippen LogP contribution in [-0.4, -0.2) is 40.3 Å². The van der Waals surface area contributed by atoms with Crippen LogP contribution >= 0.6 is 0 Å². The fourth-order valence-corrected chi connectivity index (χ4v) is 3.29. The Bertz CT molecular complexity index is 1160. The van der Waals surface area contributed by atoms with Crippen LogP contribution in [0.2, 0.25) is 0 Å². The lowest BCUT2D eigenvalue weighted by Crippen LogP contribution is -2.09. The Hall–Kier alpha value is -3.75. The van der Waals surface area contributed by atoms with Gasteiger partial charge in [0.25, 0.3) is 0 Å². The van der Waals surface area contributed by atoms with Gasteiger partial charge >= 0.3 is 0 Å². The van der Waals surface area contributed by atoms with Crippen molar-refractivity contribution >= 4 is 11.0 Å². The van der Waals surface area contributed by atoms with Crippen molar-refractivity contribution in [3.05, 3.63) is 28.4 Å². The zero-order chi connectivity index (χ0) is 20.7. The highest BCUT2D eigenvalue weighted by atomic mass is 16.7. The summed E-state index contributed by atoms with van der Waals surface area (Å²) in [6, 6.07) is 5.07. The first-order chi connectivity index (χ1) is 14.0. The monoisotopic (exact) mass is 402 g/mol. The minimum absolute atomic E-state index is 0.0129. The molecule has 29 heavy (non-hydrogen) atoms. The van der Waals surface area contributed by atoms with Crippen LogP contribution in [0, 0.1) is 0 Å². The van der Waals surface area contributed by atoms with E-state index in [0.717, 1.165) is 0 Å². The van der Waals surface area contributed by atoms with Crippen LogP contribution in [0.15, 0.2) is 27.4 Å². The molecule has 3 aromatic rings. The average Bonchev–Trinajstić information content (AvgIpc) is 3.20. The summed E-state index contributed by atoms with van der Waals surface area (Å²) in [4.78, 5) is 13.2. The Labute approximate surface area is 164 Å². The summed E-state index contributed by atoms with van der Waals surface area (Å²) in [6.45, 7) is 0.107. The largest absolute Gasteiger partial charge is 0.504 e. The highest BCUT2D eigenvalue weighted by molar-refractivity contribution is 5.96. The lowest BCUT2D eigenvalue weighted by atomic mass is 10.1. The van der Waals surface area contributed by atoms with Crippen molar-refractivity contribution in [3.63, 3.8) is 0 Å². The highest BCUT2D eigenvalue weighted by Crippen LogP contribution is 2.51. The predicted molar refractivity (Wildman–Crippen MR) is 102 cm³/mol. The molecule has 9 nitrogen and oxygen atoms in total. The van der Waals surface area contributed by atoms with Crippen molar-refractivity contribution < 1.29 is 37.9 Å². The van der Waals surface area contributed by atoms with E-state index in [4.69, 9.17) is 32.8 Å². The second-order valence-corrected chi connectivity index (χ2v) is 6.01. The maximum absolute atomic E-state index is 13.2. The SMILES string of the molecule is COc1c(OC)c(O)c2c(=O)c(OC)c(-c3ccc4c(c3)OCO4)oc2c1OC. The van der Waals surface area contributed by atoms with Crippen LogP contribution in [0.3, 0.4) is 0 Å². The number of hydrogen-bond donors (Lipinski definition) is 1. The highest BCUT2D eigenvalue weighted by Gasteiger charge is 2.29. The molecule has 0 radical (unpaired) electrons. The number of aromatic hydroxyl groups is 1. The lowest BCUT2D eigenvalue weighted by Gasteiger charge is -2.17. The third kappa shape index (κ3) is 2.65. The van der Waals surface area contributed by atoms with Crippen LogP contribution in [-0.2, 0) is 0 Å². The number of phenolic OH excluding ortho intramolecular Hbond substituents is 1. The van der Waals surface area contributed by atoms with Crippen LogP contribution in [0.4, 0.5) is 0 Å². The molecule has 0 unspecified atom stereocenters. The van der Waals surface area contributed by atoms with Gasteiger partial charge in [0.1, 0.15) is 5.39 Å². The molecule has 2 aromatic carbocycles. The van der Waals surface area contributed by atoms with Crippen molar-refractivity contribution in [2.24, 2.45) is 0 Å². The molecular formula is C20H18O9. The van der Waals surface area contributed by atoms with Crippen LogP contribution in [0.25, 0.3) is 22.3 Å². The van der Waals surface area contributed by atoms with Gasteiger partial charge in [-0.25, -0.2) is 0 Å². The third-order valence-corrected chi connectivity index (χ3v) is 4.59. The summed E-state index contributed by atoms with van der Waals surface area (Å²) in [6.07, 6.45) is 0. The number of hydrogen-bond acceptors (Lipinski definition) is 9. The smallest absolute Gasteiger partial charge is 0.239 e. The molecule has 4 rings (SSSR count). The van der Waals surface area contributed by atoms with Gasteiger partial charge in [0.2, 0.25) is 35.2 Å². The first kappa shape index (κ1) is 18.6. The zero-order valence-electron chi connectivity index (χ0n) is 16.2. The summed E-state index contributed by atoms with van der Waals surface area (Å²) < 4.78 is 38.0. The fraction of sp³-hybridized carbons (Fsp3) is 0.250. The number of methoxy groups -OCH3 is 4. The van der Waals surface area contributed by atoms with Crippen molar-refractivity contribution in [2.75, 3.05) is 35.2 Å². The zero-order valence-corrected chi connectivity index (χ0v) is 16.2. The van der Waals surface area contributed by atoms with E-state index in [1.54, 1.807) is 18.2 Å². The summed E-state index contributed by atoms with van der Waals surface area (Å²) >= 11 is 0. The third-order valence-electron chi connectivity index (χ3n) is 4.59. The van der Waals surface area contributed by atoms with Crippen molar-refractivity contribution in [2.45, 2.75) is 0 Å². The minimum Gasteiger partial charge on any atom is -0.504 e. The molecule has 1 aromatic heterocycles. The topological polar surface area (TPSA) is 106 Å². The molecule has 9 heteroatoms. The molecular weight excluding hydrogens is 384 g/mol. The molecule has 0 fully saturated rings. The van der Waals surface area contributed by atoms with E-state index in [0.29, 0.717) is 17.1 Å². The van der Waals surface area contributed by atoms with Gasteiger partial charge in [0, 0.05) is 5.56 Å². The molecule has 1 aliphatic rings. The number of phenols is 1. The summed E-state index contributed by atoms with van der Waals surface area (Å²) in [5, 5.41) is 10.5. The second-order valence-electron chi connectivity index (χ2n) is 6.01. The van der Waals surface area contributed by atoms with Crippen LogP contribution < -0.4 is 33.8 Å². The van der Waals surface area contributed by atoms with Crippen LogP contribution in [0.1, 0.15) is 0 Å². The maximum Gasteiger partial charge on any atom is 0.239 e. The minimum atomic E-state index is -0.599. The number of fused-ring (bicyclic) bond motifs is 2. The number of benzene rings is 2. The fourth-order valence-electron chi connectivity index (χ4n) is 3.29. The van der Waals surface area contributed by atoms with Gasteiger partial charge in [-0.2, -0.15) is 0 Å². The van der Waals surface area contributed by atoms with Gasteiger partial charge in [-0.15, -0.1) is 0 Å². The van der Waals surface area contributed by atoms with E-state index >= 15 is 0 Å². The van der Waals surface area contributed by atoms with E-state index in [2.05, 4.69) is 0 Å². The Kier molecular flexibility index (Phi) is 4.50. The normalized spacial score (nSPS) is 12.1. The van der Waals surface area contributed by atoms with Crippen molar-refractivity contribution in [1.29, 1.82) is 0 Å². The van der Waals surface area contributed by atoms with Crippen LogP contribution in [0.5, 0.6) is 40.2 Å².